The molecule has 1 heterocycles. The Morgan fingerprint density at radius 3 is 2.50 bits per heavy atom. The van der Waals surface area contributed by atoms with E-state index in [2.05, 4.69) is 48.9 Å². The molecule has 2 nitrogen and oxygen atoms in total. The highest BCUT2D eigenvalue weighted by Gasteiger charge is 2.18. The Balaban J connectivity index is 2.61. The van der Waals surface area contributed by atoms with E-state index in [-0.39, 0.29) is 0 Å². The molecule has 0 aliphatic rings. The van der Waals surface area contributed by atoms with Gasteiger partial charge in [-0.2, -0.15) is 0 Å². The van der Waals surface area contributed by atoms with Crippen molar-refractivity contribution in [3.05, 3.63) is 22.6 Å². The largest absolute Gasteiger partial charge is 0.453 e. The zero-order valence-electron chi connectivity index (χ0n) is 10.6. The number of nitrogens with one attached hydrogen (secondary N) is 1. The van der Waals surface area contributed by atoms with E-state index in [9.17, 15) is 0 Å². The summed E-state index contributed by atoms with van der Waals surface area (Å²) < 4.78 is 6.42. The SMILES string of the molecule is CCNC(CCC(C)(C)C)c1ccc(Br)o1. The molecular weight excluding hydrogens is 266 g/mol. The van der Waals surface area contributed by atoms with Crippen molar-refractivity contribution in [1.82, 2.24) is 5.32 Å². The second kappa shape index (κ2) is 5.87. The average Bonchev–Trinajstić information content (AvgIpc) is 2.57. The number of furan rings is 1. The summed E-state index contributed by atoms with van der Waals surface area (Å²) in [5.74, 6) is 1.03. The van der Waals surface area contributed by atoms with Crippen LogP contribution in [0.1, 0.15) is 52.3 Å². The lowest BCUT2D eigenvalue weighted by molar-refractivity contribution is 0.310. The van der Waals surface area contributed by atoms with E-state index in [0.29, 0.717) is 11.5 Å². The molecule has 0 radical (unpaired) electrons. The van der Waals surface area contributed by atoms with Crippen molar-refractivity contribution >= 4 is 15.9 Å². The zero-order valence-corrected chi connectivity index (χ0v) is 12.2. The van der Waals surface area contributed by atoms with Gasteiger partial charge >= 0.3 is 0 Å². The molecule has 1 unspecified atom stereocenters. The maximum atomic E-state index is 5.62. The molecular formula is C13H22BrNO. The van der Waals surface area contributed by atoms with Crippen molar-refractivity contribution in [1.29, 1.82) is 0 Å². The first-order valence-electron chi connectivity index (χ1n) is 5.91. The quantitative estimate of drug-likeness (QED) is 0.861. The topological polar surface area (TPSA) is 25.2 Å². The van der Waals surface area contributed by atoms with Gasteiger partial charge in [0.05, 0.1) is 6.04 Å². The first kappa shape index (κ1) is 13.8. The van der Waals surface area contributed by atoms with Crippen LogP contribution in [0.5, 0.6) is 0 Å². The van der Waals surface area contributed by atoms with Crippen molar-refractivity contribution in [3.63, 3.8) is 0 Å². The molecule has 0 aromatic carbocycles. The summed E-state index contributed by atoms with van der Waals surface area (Å²) in [4.78, 5) is 0. The Bertz CT molecular complexity index is 314. The lowest BCUT2D eigenvalue weighted by Gasteiger charge is -2.22. The molecule has 0 amide bonds. The molecule has 1 aromatic heterocycles. The first-order valence-corrected chi connectivity index (χ1v) is 6.70. The van der Waals surface area contributed by atoms with Crippen LogP contribution in [0.4, 0.5) is 0 Å². The van der Waals surface area contributed by atoms with E-state index in [4.69, 9.17) is 4.42 Å². The predicted octanol–water partition coefficient (Wildman–Crippen LogP) is 4.52. The third-order valence-corrected chi connectivity index (χ3v) is 3.00. The molecule has 3 heteroatoms. The van der Waals surface area contributed by atoms with Crippen molar-refractivity contribution in [2.45, 2.75) is 46.6 Å². The van der Waals surface area contributed by atoms with Crippen LogP contribution in [-0.2, 0) is 0 Å². The van der Waals surface area contributed by atoms with Gasteiger partial charge in [-0.25, -0.2) is 0 Å². The Morgan fingerprint density at radius 2 is 2.06 bits per heavy atom. The molecule has 0 saturated carbocycles. The monoisotopic (exact) mass is 287 g/mol. The number of rotatable bonds is 5. The second-order valence-electron chi connectivity index (χ2n) is 5.35. The molecule has 0 aliphatic carbocycles. The van der Waals surface area contributed by atoms with E-state index in [1.54, 1.807) is 0 Å². The van der Waals surface area contributed by atoms with Crippen LogP contribution in [0.3, 0.4) is 0 Å². The zero-order chi connectivity index (χ0) is 12.2. The van der Waals surface area contributed by atoms with Gasteiger partial charge in [-0.15, -0.1) is 0 Å². The fraction of sp³-hybridized carbons (Fsp3) is 0.692. The van der Waals surface area contributed by atoms with E-state index in [1.165, 1.54) is 6.42 Å². The fourth-order valence-corrected chi connectivity index (χ4v) is 2.00. The highest BCUT2D eigenvalue weighted by atomic mass is 79.9. The highest BCUT2D eigenvalue weighted by Crippen LogP contribution is 2.29. The summed E-state index contributed by atoms with van der Waals surface area (Å²) >= 11 is 3.35. The standard InChI is InChI=1S/C13H22BrNO/c1-5-15-10(8-9-13(2,3)4)11-6-7-12(14)16-11/h6-7,10,15H,5,8-9H2,1-4H3. The van der Waals surface area contributed by atoms with E-state index in [0.717, 1.165) is 23.4 Å². The van der Waals surface area contributed by atoms with Crippen molar-refractivity contribution < 1.29 is 4.42 Å². The minimum atomic E-state index is 0.329. The molecule has 1 N–H and O–H groups in total. The molecule has 1 rings (SSSR count). The van der Waals surface area contributed by atoms with Gasteiger partial charge in [0.15, 0.2) is 4.67 Å². The van der Waals surface area contributed by atoms with E-state index < -0.39 is 0 Å². The molecule has 0 aliphatic heterocycles. The average molecular weight is 288 g/mol. The summed E-state index contributed by atoms with van der Waals surface area (Å²) in [6.07, 6.45) is 2.29. The highest BCUT2D eigenvalue weighted by molar-refractivity contribution is 9.10. The Morgan fingerprint density at radius 1 is 1.38 bits per heavy atom. The third-order valence-electron chi connectivity index (χ3n) is 2.57. The predicted molar refractivity (Wildman–Crippen MR) is 71.5 cm³/mol. The van der Waals surface area contributed by atoms with Gasteiger partial charge in [0.25, 0.3) is 0 Å². The van der Waals surface area contributed by atoms with Crippen LogP contribution >= 0.6 is 15.9 Å². The molecule has 92 valence electrons. The van der Waals surface area contributed by atoms with Gasteiger partial charge in [-0.05, 0) is 52.9 Å². The Kier molecular flexibility index (Phi) is 5.06. The molecule has 16 heavy (non-hydrogen) atoms. The molecule has 0 bridgehead atoms. The van der Waals surface area contributed by atoms with Gasteiger partial charge in [0.1, 0.15) is 5.76 Å². The normalized spacial score (nSPS) is 14.1. The fourth-order valence-electron chi connectivity index (χ4n) is 1.68. The maximum absolute atomic E-state index is 5.62. The minimum Gasteiger partial charge on any atom is -0.453 e. The van der Waals surface area contributed by atoms with Crippen LogP contribution in [-0.4, -0.2) is 6.54 Å². The van der Waals surface area contributed by atoms with E-state index in [1.807, 2.05) is 12.1 Å². The molecule has 0 saturated heterocycles. The summed E-state index contributed by atoms with van der Waals surface area (Å²) in [6, 6.07) is 4.33. The molecule has 1 atom stereocenters. The smallest absolute Gasteiger partial charge is 0.169 e. The Labute approximate surface area is 107 Å². The van der Waals surface area contributed by atoms with Crippen LogP contribution in [0.15, 0.2) is 21.2 Å². The number of halogens is 1. The summed E-state index contributed by atoms with van der Waals surface area (Å²) in [5, 5.41) is 3.47. The summed E-state index contributed by atoms with van der Waals surface area (Å²) in [7, 11) is 0. The summed E-state index contributed by atoms with van der Waals surface area (Å²) in [5.41, 5.74) is 0.373. The minimum absolute atomic E-state index is 0.329. The number of hydrogen-bond donors (Lipinski definition) is 1. The third kappa shape index (κ3) is 4.71. The van der Waals surface area contributed by atoms with Crippen molar-refractivity contribution in [3.8, 4) is 0 Å². The van der Waals surface area contributed by atoms with Crippen LogP contribution < -0.4 is 5.32 Å². The lowest BCUT2D eigenvalue weighted by Crippen LogP contribution is -2.22. The van der Waals surface area contributed by atoms with Crippen LogP contribution in [0.2, 0.25) is 0 Å². The van der Waals surface area contributed by atoms with Gasteiger partial charge in [0.2, 0.25) is 0 Å². The summed E-state index contributed by atoms with van der Waals surface area (Å²) in [6.45, 7) is 9.91. The number of hydrogen-bond acceptors (Lipinski definition) is 2. The lowest BCUT2D eigenvalue weighted by atomic mass is 9.88. The van der Waals surface area contributed by atoms with E-state index >= 15 is 0 Å². The van der Waals surface area contributed by atoms with Gasteiger partial charge in [-0.3, -0.25) is 0 Å². The van der Waals surface area contributed by atoms with Crippen LogP contribution in [0.25, 0.3) is 0 Å². The molecule has 1 aromatic rings. The first-order chi connectivity index (χ1) is 7.42. The second-order valence-corrected chi connectivity index (χ2v) is 6.13. The Hall–Kier alpha value is -0.280. The maximum Gasteiger partial charge on any atom is 0.169 e. The molecule has 0 fully saturated rings. The van der Waals surface area contributed by atoms with Gasteiger partial charge in [-0.1, -0.05) is 27.7 Å². The van der Waals surface area contributed by atoms with Gasteiger partial charge in [0, 0.05) is 0 Å². The van der Waals surface area contributed by atoms with Crippen molar-refractivity contribution in [2.24, 2.45) is 5.41 Å². The van der Waals surface area contributed by atoms with Crippen LogP contribution in [0, 0.1) is 5.41 Å². The molecule has 0 spiro atoms. The van der Waals surface area contributed by atoms with Crippen molar-refractivity contribution in [2.75, 3.05) is 6.54 Å². The van der Waals surface area contributed by atoms with Gasteiger partial charge < -0.3 is 9.73 Å².